The molecule has 2 amide bonds. The molecule has 0 bridgehead atoms. The van der Waals surface area contributed by atoms with Gasteiger partial charge in [-0.1, -0.05) is 0 Å². The maximum absolute atomic E-state index is 12.1. The van der Waals surface area contributed by atoms with Gasteiger partial charge in [0.1, 0.15) is 18.1 Å². The molecule has 3 atom stereocenters. The van der Waals surface area contributed by atoms with Crippen LogP contribution in [0.4, 0.5) is 0 Å². The van der Waals surface area contributed by atoms with E-state index in [9.17, 15) is 19.2 Å². The molecule has 0 aromatic rings. The van der Waals surface area contributed by atoms with Crippen LogP contribution >= 0.6 is 0 Å². The van der Waals surface area contributed by atoms with Crippen molar-refractivity contribution in [2.24, 2.45) is 11.5 Å². The van der Waals surface area contributed by atoms with E-state index in [2.05, 4.69) is 10.6 Å². The summed E-state index contributed by atoms with van der Waals surface area (Å²) >= 11 is 0. The zero-order chi connectivity index (χ0) is 18.7. The highest BCUT2D eigenvalue weighted by atomic mass is 16.4. The van der Waals surface area contributed by atoms with E-state index in [0.717, 1.165) is 0 Å². The lowest BCUT2D eigenvalue weighted by molar-refractivity contribution is -0.143. The summed E-state index contributed by atoms with van der Waals surface area (Å²) in [5, 5.41) is 31.0. The molecule has 0 aliphatic carbocycles. The average Bonchev–Trinajstić information content (AvgIpc) is 2.51. The molecule has 3 unspecified atom stereocenters. The molecule has 0 aliphatic rings. The van der Waals surface area contributed by atoms with Gasteiger partial charge in [-0.05, 0) is 25.8 Å². The fourth-order valence-electron chi connectivity index (χ4n) is 1.77. The summed E-state index contributed by atoms with van der Waals surface area (Å²) in [6.07, 6.45) is 0.381. The SMILES string of the molecule is NCCCCC(NC(=O)C(CC(=O)O)NC(=O)C(N)CO)C(=O)O. The van der Waals surface area contributed by atoms with Crippen LogP contribution in [0.15, 0.2) is 0 Å². The van der Waals surface area contributed by atoms with Gasteiger partial charge in [-0.15, -0.1) is 0 Å². The minimum Gasteiger partial charge on any atom is -0.481 e. The van der Waals surface area contributed by atoms with Crippen molar-refractivity contribution in [1.82, 2.24) is 10.6 Å². The van der Waals surface area contributed by atoms with Crippen LogP contribution in [-0.2, 0) is 19.2 Å². The number of nitrogens with two attached hydrogens (primary N) is 2. The van der Waals surface area contributed by atoms with Crippen LogP contribution in [0.1, 0.15) is 25.7 Å². The molecule has 11 nitrogen and oxygen atoms in total. The molecular formula is C13H24N4O7. The fourth-order valence-corrected chi connectivity index (χ4v) is 1.77. The Morgan fingerprint density at radius 1 is 0.958 bits per heavy atom. The monoisotopic (exact) mass is 348 g/mol. The van der Waals surface area contributed by atoms with E-state index in [1.165, 1.54) is 0 Å². The van der Waals surface area contributed by atoms with Crippen LogP contribution in [-0.4, -0.2) is 70.3 Å². The van der Waals surface area contributed by atoms with Crippen molar-refractivity contribution >= 4 is 23.8 Å². The Morgan fingerprint density at radius 2 is 1.54 bits per heavy atom. The van der Waals surface area contributed by atoms with E-state index in [1.807, 2.05) is 0 Å². The van der Waals surface area contributed by atoms with Crippen molar-refractivity contribution in [2.45, 2.75) is 43.8 Å². The first-order chi connectivity index (χ1) is 11.2. The second kappa shape index (κ2) is 11.3. The predicted octanol–water partition coefficient (Wildman–Crippen LogP) is -3.04. The molecule has 138 valence electrons. The predicted molar refractivity (Wildman–Crippen MR) is 81.7 cm³/mol. The van der Waals surface area contributed by atoms with E-state index < -0.39 is 54.9 Å². The van der Waals surface area contributed by atoms with Gasteiger partial charge in [0, 0.05) is 0 Å². The van der Waals surface area contributed by atoms with Gasteiger partial charge in [0.15, 0.2) is 0 Å². The third kappa shape index (κ3) is 8.41. The Kier molecular flexibility index (Phi) is 10.3. The lowest BCUT2D eigenvalue weighted by atomic mass is 10.1. The minimum absolute atomic E-state index is 0.113. The molecule has 0 aliphatic heterocycles. The van der Waals surface area contributed by atoms with E-state index >= 15 is 0 Å². The van der Waals surface area contributed by atoms with Crippen LogP contribution in [0.2, 0.25) is 0 Å². The highest BCUT2D eigenvalue weighted by Gasteiger charge is 2.29. The highest BCUT2D eigenvalue weighted by Crippen LogP contribution is 2.03. The Bertz CT molecular complexity index is 458. The second-order valence-corrected chi connectivity index (χ2v) is 5.13. The third-order valence-corrected chi connectivity index (χ3v) is 3.11. The normalized spacial score (nSPS) is 14.3. The summed E-state index contributed by atoms with van der Waals surface area (Å²) in [5.74, 6) is -4.54. The number of amides is 2. The third-order valence-electron chi connectivity index (χ3n) is 3.11. The number of unbranched alkanes of at least 4 members (excludes halogenated alkanes) is 1. The van der Waals surface area contributed by atoms with Crippen molar-refractivity contribution in [2.75, 3.05) is 13.2 Å². The number of hydrogen-bond acceptors (Lipinski definition) is 7. The van der Waals surface area contributed by atoms with E-state index in [-0.39, 0.29) is 6.42 Å². The average molecular weight is 348 g/mol. The summed E-state index contributed by atoms with van der Waals surface area (Å²) in [6, 6.07) is -4.07. The Labute approximate surface area is 138 Å². The number of aliphatic hydroxyl groups excluding tert-OH is 1. The largest absolute Gasteiger partial charge is 0.481 e. The zero-order valence-corrected chi connectivity index (χ0v) is 13.1. The molecule has 0 aromatic heterocycles. The van der Waals surface area contributed by atoms with Gasteiger partial charge in [-0.2, -0.15) is 0 Å². The summed E-state index contributed by atoms with van der Waals surface area (Å²) in [7, 11) is 0. The number of carboxylic acid groups (broad SMARTS) is 2. The molecule has 9 N–H and O–H groups in total. The standard InChI is InChI=1S/C13H24N4O7/c14-4-2-1-3-8(13(23)24)16-12(22)9(5-10(19)20)17-11(21)7(15)6-18/h7-9,18H,1-6,14-15H2,(H,16,22)(H,17,21)(H,19,20)(H,23,24). The van der Waals surface area contributed by atoms with Crippen LogP contribution in [0.5, 0.6) is 0 Å². The van der Waals surface area contributed by atoms with Crippen LogP contribution in [0.25, 0.3) is 0 Å². The number of hydrogen-bond donors (Lipinski definition) is 7. The quantitative estimate of drug-likeness (QED) is 0.179. The number of rotatable bonds is 12. The first kappa shape index (κ1) is 21.8. The van der Waals surface area contributed by atoms with E-state index in [1.54, 1.807) is 0 Å². The molecule has 11 heteroatoms. The molecule has 24 heavy (non-hydrogen) atoms. The van der Waals surface area contributed by atoms with Gasteiger partial charge in [0.2, 0.25) is 11.8 Å². The summed E-state index contributed by atoms with van der Waals surface area (Å²) in [5.41, 5.74) is 10.6. The molecule has 0 fully saturated rings. The van der Waals surface area contributed by atoms with E-state index in [0.29, 0.717) is 19.4 Å². The lowest BCUT2D eigenvalue weighted by Crippen LogP contribution is -2.55. The summed E-state index contributed by atoms with van der Waals surface area (Å²) < 4.78 is 0. The summed E-state index contributed by atoms with van der Waals surface area (Å²) in [4.78, 5) is 45.7. The van der Waals surface area contributed by atoms with Crippen LogP contribution in [0, 0.1) is 0 Å². The van der Waals surface area contributed by atoms with Crippen molar-refractivity contribution in [3.05, 3.63) is 0 Å². The van der Waals surface area contributed by atoms with Gasteiger partial charge in [-0.25, -0.2) is 4.79 Å². The Morgan fingerprint density at radius 3 is 2.00 bits per heavy atom. The molecule has 0 heterocycles. The van der Waals surface area contributed by atoms with Gasteiger partial charge < -0.3 is 37.4 Å². The maximum Gasteiger partial charge on any atom is 0.326 e. The first-order valence-electron chi connectivity index (χ1n) is 7.34. The molecule has 0 saturated heterocycles. The second-order valence-electron chi connectivity index (χ2n) is 5.13. The van der Waals surface area contributed by atoms with Gasteiger partial charge in [-0.3, -0.25) is 14.4 Å². The number of carbonyl (C=O) groups is 4. The van der Waals surface area contributed by atoms with Crippen molar-refractivity contribution in [3.63, 3.8) is 0 Å². The van der Waals surface area contributed by atoms with E-state index in [4.69, 9.17) is 26.8 Å². The number of nitrogens with one attached hydrogen (secondary N) is 2. The molecule has 0 saturated carbocycles. The summed E-state index contributed by atoms with van der Waals surface area (Å²) in [6.45, 7) is -0.318. The Hall–Kier alpha value is -2.24. The lowest BCUT2D eigenvalue weighted by Gasteiger charge is -2.21. The van der Waals surface area contributed by atoms with Gasteiger partial charge in [0.25, 0.3) is 0 Å². The van der Waals surface area contributed by atoms with Gasteiger partial charge >= 0.3 is 11.9 Å². The number of aliphatic hydroxyl groups is 1. The molecule has 0 aromatic carbocycles. The fraction of sp³-hybridized carbons (Fsp3) is 0.692. The molecule has 0 rings (SSSR count). The number of aliphatic carboxylic acids is 2. The molecule has 0 radical (unpaired) electrons. The van der Waals surface area contributed by atoms with Crippen molar-refractivity contribution in [3.8, 4) is 0 Å². The number of carboxylic acids is 2. The topological polar surface area (TPSA) is 205 Å². The maximum atomic E-state index is 12.1. The van der Waals surface area contributed by atoms with Gasteiger partial charge in [0.05, 0.1) is 13.0 Å². The van der Waals surface area contributed by atoms with Crippen LogP contribution < -0.4 is 22.1 Å². The molecule has 0 spiro atoms. The highest BCUT2D eigenvalue weighted by molar-refractivity contribution is 5.93. The van der Waals surface area contributed by atoms with Crippen LogP contribution in [0.3, 0.4) is 0 Å². The number of carbonyl (C=O) groups excluding carboxylic acids is 2. The smallest absolute Gasteiger partial charge is 0.326 e. The zero-order valence-electron chi connectivity index (χ0n) is 13.1. The first-order valence-corrected chi connectivity index (χ1v) is 7.34. The molecular weight excluding hydrogens is 324 g/mol. The Balaban J connectivity index is 4.91. The van der Waals surface area contributed by atoms with Crippen molar-refractivity contribution in [1.29, 1.82) is 0 Å². The minimum atomic E-state index is -1.51. The van der Waals surface area contributed by atoms with Crippen molar-refractivity contribution < 1.29 is 34.5 Å².